The summed E-state index contributed by atoms with van der Waals surface area (Å²) >= 11 is 0. The number of rotatable bonds is 6. The molecule has 0 aromatic rings. The average Bonchev–Trinajstić information content (AvgIpc) is 2.87. The van der Waals surface area contributed by atoms with Gasteiger partial charge in [0.05, 0.1) is 5.41 Å². The molecule has 3 nitrogen and oxygen atoms in total. The topological polar surface area (TPSA) is 40.5 Å². The minimum absolute atomic E-state index is 0.311. The Morgan fingerprint density at radius 2 is 1.63 bits per heavy atom. The Kier molecular flexibility index (Phi) is 6.35. The Bertz CT molecular complexity index is 744. The molecule has 0 aromatic heterocycles. The lowest BCUT2D eigenvalue weighted by atomic mass is 9.78. The van der Waals surface area contributed by atoms with Crippen LogP contribution in [0.5, 0.6) is 0 Å². The van der Waals surface area contributed by atoms with Crippen LogP contribution in [0.25, 0.3) is 0 Å². The third-order valence-electron chi connectivity index (χ3n) is 5.05. The van der Waals surface area contributed by atoms with E-state index in [1.54, 1.807) is 13.8 Å². The van der Waals surface area contributed by atoms with Crippen LogP contribution >= 0.6 is 0 Å². The third-order valence-corrected chi connectivity index (χ3v) is 5.05. The normalized spacial score (nSPS) is 22.7. The van der Waals surface area contributed by atoms with Crippen LogP contribution in [0.15, 0.2) is 72.2 Å². The van der Waals surface area contributed by atoms with Gasteiger partial charge < -0.3 is 10.0 Å². The van der Waals surface area contributed by atoms with Crippen molar-refractivity contribution < 1.29 is 9.90 Å². The van der Waals surface area contributed by atoms with Gasteiger partial charge in [0, 0.05) is 16.9 Å². The van der Waals surface area contributed by atoms with Crippen molar-refractivity contribution in [2.45, 2.75) is 53.5 Å². The fourth-order valence-corrected chi connectivity index (χ4v) is 3.86. The van der Waals surface area contributed by atoms with Crippen molar-refractivity contribution in [1.82, 2.24) is 4.90 Å². The van der Waals surface area contributed by atoms with Gasteiger partial charge in [-0.2, -0.15) is 0 Å². The second kappa shape index (κ2) is 8.16. The van der Waals surface area contributed by atoms with Gasteiger partial charge >= 0.3 is 5.97 Å². The van der Waals surface area contributed by atoms with Crippen LogP contribution in [-0.4, -0.2) is 21.5 Å². The van der Waals surface area contributed by atoms with Crippen LogP contribution in [-0.2, 0) is 4.79 Å². The van der Waals surface area contributed by atoms with Gasteiger partial charge in [-0.25, -0.2) is 0 Å². The molecule has 3 heteroatoms. The van der Waals surface area contributed by atoms with Crippen molar-refractivity contribution in [3.63, 3.8) is 0 Å². The molecule has 27 heavy (non-hydrogen) atoms. The Morgan fingerprint density at radius 3 is 2.30 bits per heavy atom. The van der Waals surface area contributed by atoms with Crippen LogP contribution in [0, 0.1) is 17.3 Å². The van der Waals surface area contributed by atoms with E-state index in [2.05, 4.69) is 93.4 Å². The van der Waals surface area contributed by atoms with E-state index in [1.165, 1.54) is 0 Å². The summed E-state index contributed by atoms with van der Waals surface area (Å²) < 4.78 is 0. The van der Waals surface area contributed by atoms with Crippen molar-refractivity contribution in [1.29, 1.82) is 0 Å². The third kappa shape index (κ3) is 5.35. The molecule has 0 bridgehead atoms. The monoisotopic (exact) mass is 367 g/mol. The first-order chi connectivity index (χ1) is 12.5. The van der Waals surface area contributed by atoms with E-state index in [-0.39, 0.29) is 5.54 Å². The number of nitrogens with zero attached hydrogens (tertiary/aromatic N) is 1. The molecule has 1 N–H and O–H groups in total. The summed E-state index contributed by atoms with van der Waals surface area (Å²) in [6.07, 6.45) is 21.9. The number of carbonyl (C=O) groups is 1. The van der Waals surface area contributed by atoms with Crippen molar-refractivity contribution in [3.8, 4) is 0 Å². The van der Waals surface area contributed by atoms with E-state index in [0.717, 1.165) is 11.4 Å². The molecule has 0 saturated carbocycles. The van der Waals surface area contributed by atoms with Crippen LogP contribution < -0.4 is 0 Å². The second-order valence-electron chi connectivity index (χ2n) is 8.90. The number of hydrogen-bond acceptors (Lipinski definition) is 2. The minimum Gasteiger partial charge on any atom is -0.481 e. The highest BCUT2D eigenvalue weighted by Gasteiger charge is 2.39. The zero-order chi connectivity index (χ0) is 20.2. The first-order valence-electron chi connectivity index (χ1n) is 9.70. The molecule has 0 amide bonds. The van der Waals surface area contributed by atoms with Gasteiger partial charge in [-0.05, 0) is 64.2 Å². The predicted octanol–water partition coefficient (Wildman–Crippen LogP) is 5.86. The van der Waals surface area contributed by atoms with E-state index >= 15 is 0 Å². The zero-order valence-corrected chi connectivity index (χ0v) is 17.4. The summed E-state index contributed by atoms with van der Waals surface area (Å²) in [7, 11) is 0. The lowest BCUT2D eigenvalue weighted by Gasteiger charge is -2.45. The highest BCUT2D eigenvalue weighted by molar-refractivity contribution is 5.73. The molecule has 0 heterocycles. The predicted molar refractivity (Wildman–Crippen MR) is 113 cm³/mol. The Morgan fingerprint density at radius 1 is 0.963 bits per heavy atom. The minimum atomic E-state index is -0.821. The summed E-state index contributed by atoms with van der Waals surface area (Å²) in [6.45, 7) is 12.2. The fourth-order valence-electron chi connectivity index (χ4n) is 3.86. The SMILES string of the molecule is CC1C=CC=C(N(C2=CC(C)C=CC=C2)C(C)(C)CC(C)(C)C(=O)O)C=C1. The molecule has 2 unspecified atom stereocenters. The Labute approximate surface area is 164 Å². The Hall–Kier alpha value is -2.29. The number of aliphatic carboxylic acids is 1. The van der Waals surface area contributed by atoms with Gasteiger partial charge in [-0.1, -0.05) is 56.4 Å². The van der Waals surface area contributed by atoms with E-state index in [4.69, 9.17) is 0 Å². The van der Waals surface area contributed by atoms with Gasteiger partial charge in [-0.15, -0.1) is 0 Å². The maximum Gasteiger partial charge on any atom is 0.309 e. The molecule has 2 aliphatic rings. The van der Waals surface area contributed by atoms with Gasteiger partial charge in [0.2, 0.25) is 0 Å². The highest BCUT2D eigenvalue weighted by atomic mass is 16.4. The summed E-state index contributed by atoms with van der Waals surface area (Å²) in [5.74, 6) is -0.0844. The van der Waals surface area contributed by atoms with Crippen molar-refractivity contribution in [3.05, 3.63) is 72.2 Å². The van der Waals surface area contributed by atoms with E-state index in [0.29, 0.717) is 18.3 Å². The van der Waals surface area contributed by atoms with Gasteiger partial charge in [0.1, 0.15) is 0 Å². The van der Waals surface area contributed by atoms with Crippen LogP contribution in [0.2, 0.25) is 0 Å². The molecule has 146 valence electrons. The number of carboxylic acid groups (broad SMARTS) is 1. The average molecular weight is 368 g/mol. The van der Waals surface area contributed by atoms with Crippen molar-refractivity contribution in [2.24, 2.45) is 17.3 Å². The first-order valence-corrected chi connectivity index (χ1v) is 9.70. The van der Waals surface area contributed by atoms with Crippen LogP contribution in [0.3, 0.4) is 0 Å². The number of carboxylic acids is 1. The largest absolute Gasteiger partial charge is 0.481 e. The van der Waals surface area contributed by atoms with Crippen molar-refractivity contribution in [2.75, 3.05) is 0 Å². The number of hydrogen-bond donors (Lipinski definition) is 1. The molecule has 0 radical (unpaired) electrons. The quantitative estimate of drug-likeness (QED) is 0.639. The Balaban J connectivity index is 2.53. The zero-order valence-electron chi connectivity index (χ0n) is 17.4. The smallest absolute Gasteiger partial charge is 0.309 e. The standard InChI is InChI=1S/C24H33NO2/c1-18-11-9-13-20(15-14-18)25(21-12-8-7-10-19(2)16-21)24(5,6)17-23(3,4)22(26)27/h7-16,18-19H,17H2,1-6H3,(H,26,27). The second-order valence-corrected chi connectivity index (χ2v) is 8.90. The summed E-state index contributed by atoms with van der Waals surface area (Å²) in [4.78, 5) is 14.1. The van der Waals surface area contributed by atoms with E-state index in [9.17, 15) is 9.90 Å². The fraction of sp³-hybridized carbons (Fsp3) is 0.458. The molecule has 2 rings (SSSR count). The summed E-state index contributed by atoms with van der Waals surface area (Å²) in [5.41, 5.74) is 0.961. The molecular formula is C24H33NO2. The van der Waals surface area contributed by atoms with E-state index < -0.39 is 11.4 Å². The molecule has 0 fully saturated rings. The first kappa shape index (κ1) is 21.0. The maximum atomic E-state index is 11.8. The van der Waals surface area contributed by atoms with Gasteiger partial charge in [-0.3, -0.25) is 4.79 Å². The molecular weight excluding hydrogens is 334 g/mol. The molecule has 2 atom stereocenters. The van der Waals surface area contributed by atoms with E-state index in [1.807, 2.05) is 0 Å². The molecule has 2 aliphatic carbocycles. The highest BCUT2D eigenvalue weighted by Crippen LogP contribution is 2.38. The molecule has 0 saturated heterocycles. The maximum absolute atomic E-state index is 11.8. The lowest BCUT2D eigenvalue weighted by molar-refractivity contribution is -0.148. The summed E-state index contributed by atoms with van der Waals surface area (Å²) in [5, 5.41) is 9.68. The molecule has 0 aliphatic heterocycles. The van der Waals surface area contributed by atoms with Crippen molar-refractivity contribution >= 4 is 5.97 Å². The number of allylic oxidation sites excluding steroid dienone is 10. The van der Waals surface area contributed by atoms with Gasteiger partial charge in [0.25, 0.3) is 0 Å². The summed E-state index contributed by atoms with van der Waals surface area (Å²) in [6, 6.07) is 0. The lowest BCUT2D eigenvalue weighted by Crippen LogP contribution is -2.46. The molecule has 0 aromatic carbocycles. The van der Waals surface area contributed by atoms with Gasteiger partial charge in [0.15, 0.2) is 0 Å². The van der Waals surface area contributed by atoms with Crippen LogP contribution in [0.1, 0.15) is 48.0 Å². The van der Waals surface area contributed by atoms with Crippen LogP contribution in [0.4, 0.5) is 0 Å². The molecule has 0 spiro atoms.